The first-order valence-corrected chi connectivity index (χ1v) is 4.21. The summed E-state index contributed by atoms with van der Waals surface area (Å²) in [6, 6.07) is 0.143. The van der Waals surface area contributed by atoms with Crippen LogP contribution in [0.2, 0.25) is 0 Å². The van der Waals surface area contributed by atoms with Crippen molar-refractivity contribution in [2.45, 2.75) is 6.04 Å². The molecule has 0 spiro atoms. The number of hydrogen-bond acceptors (Lipinski definition) is 4. The van der Waals surface area contributed by atoms with Gasteiger partial charge in [-0.3, -0.25) is 4.79 Å². The van der Waals surface area contributed by atoms with Gasteiger partial charge in [-0.1, -0.05) is 0 Å². The number of hydrogen-bond donors (Lipinski definition) is 3. The first-order valence-electron chi connectivity index (χ1n) is 3.33. The molecule has 0 radical (unpaired) electrons. The maximum atomic E-state index is 10.6. The van der Waals surface area contributed by atoms with Crippen LogP contribution in [0.1, 0.15) is 21.3 Å². The quantitative estimate of drug-likeness (QED) is 0.662. The van der Waals surface area contributed by atoms with Gasteiger partial charge in [0.25, 0.3) is 0 Å². The molecular formula is C7H7NO4S. The van der Waals surface area contributed by atoms with E-state index in [2.05, 4.69) is 0 Å². The van der Waals surface area contributed by atoms with E-state index in [1.807, 2.05) is 0 Å². The fourth-order valence-electron chi connectivity index (χ4n) is 0.871. The Hall–Kier alpha value is -1.40. The minimum absolute atomic E-state index is 0.0186. The molecule has 4 N–H and O–H groups in total. The van der Waals surface area contributed by atoms with Gasteiger partial charge >= 0.3 is 11.9 Å². The van der Waals surface area contributed by atoms with E-state index in [1.54, 1.807) is 0 Å². The average molecular weight is 201 g/mol. The van der Waals surface area contributed by atoms with E-state index < -0.39 is 18.0 Å². The molecule has 0 aliphatic carbocycles. The van der Waals surface area contributed by atoms with Crippen molar-refractivity contribution in [2.24, 2.45) is 5.73 Å². The Bertz CT molecular complexity index is 346. The molecule has 1 atom stereocenters. The fraction of sp³-hybridized carbons (Fsp3) is 0.143. The molecule has 0 aromatic carbocycles. The summed E-state index contributed by atoms with van der Waals surface area (Å²) in [7, 11) is 0. The number of carboxylic acids is 2. The molecule has 13 heavy (non-hydrogen) atoms. The lowest BCUT2D eigenvalue weighted by Crippen LogP contribution is -2.21. The fourth-order valence-corrected chi connectivity index (χ4v) is 1.65. The second-order valence-corrected chi connectivity index (χ2v) is 3.24. The molecule has 0 saturated carbocycles. The predicted molar refractivity (Wildman–Crippen MR) is 45.8 cm³/mol. The van der Waals surface area contributed by atoms with E-state index in [1.165, 1.54) is 11.4 Å². The topological polar surface area (TPSA) is 101 Å². The molecule has 1 heterocycles. The number of aliphatic carboxylic acids is 1. The minimum Gasteiger partial charge on any atom is -0.480 e. The zero-order valence-electron chi connectivity index (χ0n) is 6.43. The van der Waals surface area contributed by atoms with E-state index in [9.17, 15) is 9.59 Å². The van der Waals surface area contributed by atoms with E-state index in [4.69, 9.17) is 15.9 Å². The second kappa shape index (κ2) is 3.55. The van der Waals surface area contributed by atoms with Crippen molar-refractivity contribution in [3.63, 3.8) is 0 Å². The van der Waals surface area contributed by atoms with Gasteiger partial charge in [-0.2, -0.15) is 0 Å². The van der Waals surface area contributed by atoms with Crippen molar-refractivity contribution in [3.8, 4) is 0 Å². The van der Waals surface area contributed by atoms with E-state index >= 15 is 0 Å². The highest BCUT2D eigenvalue weighted by Crippen LogP contribution is 2.22. The molecule has 5 nitrogen and oxygen atoms in total. The zero-order chi connectivity index (χ0) is 10.0. The van der Waals surface area contributed by atoms with Gasteiger partial charge in [-0.05, 0) is 11.4 Å². The molecule has 6 heteroatoms. The van der Waals surface area contributed by atoms with Crippen LogP contribution in [0.3, 0.4) is 0 Å². The molecule has 1 aromatic rings. The average Bonchev–Trinajstić information content (AvgIpc) is 2.50. The molecule has 1 rings (SSSR count). The van der Waals surface area contributed by atoms with Gasteiger partial charge in [0, 0.05) is 5.56 Å². The standard InChI is InChI=1S/C7H7NO4S/c8-4(6(9)10)3-1-2-13-5(3)7(11)12/h1-2,4H,8H2,(H,9,10)(H,11,12)/t4-/m1/s1. The number of carboxylic acid groups (broad SMARTS) is 2. The maximum absolute atomic E-state index is 10.6. The van der Waals surface area contributed by atoms with Crippen molar-refractivity contribution >= 4 is 23.3 Å². The van der Waals surface area contributed by atoms with Gasteiger partial charge in [-0.25, -0.2) is 4.79 Å². The molecular weight excluding hydrogens is 194 g/mol. The summed E-state index contributed by atoms with van der Waals surface area (Å²) in [6.07, 6.45) is 0. The van der Waals surface area contributed by atoms with Crippen molar-refractivity contribution in [1.29, 1.82) is 0 Å². The number of carbonyl (C=O) groups is 2. The predicted octanol–water partition coefficient (Wildman–Crippen LogP) is 0.531. The number of nitrogens with two attached hydrogens (primary N) is 1. The third kappa shape index (κ3) is 1.85. The summed E-state index contributed by atoms with van der Waals surface area (Å²) in [4.78, 5) is 21.0. The van der Waals surface area contributed by atoms with Gasteiger partial charge in [0.1, 0.15) is 10.9 Å². The summed E-state index contributed by atoms with van der Waals surface area (Å²) >= 11 is 0.961. The van der Waals surface area contributed by atoms with Crippen LogP contribution in [0.15, 0.2) is 11.4 Å². The highest BCUT2D eigenvalue weighted by molar-refractivity contribution is 7.12. The van der Waals surface area contributed by atoms with Gasteiger partial charge < -0.3 is 15.9 Å². The van der Waals surface area contributed by atoms with Gasteiger partial charge in [0.15, 0.2) is 0 Å². The molecule has 1 aromatic heterocycles. The van der Waals surface area contributed by atoms with Crippen LogP contribution in [-0.4, -0.2) is 22.2 Å². The molecule has 0 aliphatic rings. The Morgan fingerprint density at radius 3 is 2.54 bits per heavy atom. The smallest absolute Gasteiger partial charge is 0.346 e. The monoisotopic (exact) mass is 201 g/mol. The Morgan fingerprint density at radius 2 is 2.08 bits per heavy atom. The summed E-state index contributed by atoms with van der Waals surface area (Å²) < 4.78 is 0. The van der Waals surface area contributed by atoms with Crippen LogP contribution < -0.4 is 5.73 Å². The van der Waals surface area contributed by atoms with Crippen LogP contribution in [0.25, 0.3) is 0 Å². The molecule has 0 unspecified atom stereocenters. The SMILES string of the molecule is N[C@@H](C(=O)O)c1ccsc1C(=O)O. The Balaban J connectivity index is 3.07. The Labute approximate surface area is 77.4 Å². The molecule has 0 saturated heterocycles. The summed E-state index contributed by atoms with van der Waals surface area (Å²) in [5, 5.41) is 18.7. The molecule has 0 bridgehead atoms. The van der Waals surface area contributed by atoms with Crippen molar-refractivity contribution < 1.29 is 19.8 Å². The molecule has 0 amide bonds. The first kappa shape index (κ1) is 9.69. The lowest BCUT2D eigenvalue weighted by atomic mass is 10.1. The van der Waals surface area contributed by atoms with E-state index in [0.717, 1.165) is 11.3 Å². The number of thiophene rings is 1. The largest absolute Gasteiger partial charge is 0.480 e. The Kier molecular flexibility index (Phi) is 2.64. The van der Waals surface area contributed by atoms with Crippen molar-refractivity contribution in [1.82, 2.24) is 0 Å². The van der Waals surface area contributed by atoms with Gasteiger partial charge in [0.05, 0.1) is 0 Å². The van der Waals surface area contributed by atoms with Crippen LogP contribution in [-0.2, 0) is 4.79 Å². The molecule has 0 fully saturated rings. The lowest BCUT2D eigenvalue weighted by molar-refractivity contribution is -0.138. The minimum atomic E-state index is -1.27. The third-order valence-electron chi connectivity index (χ3n) is 1.49. The summed E-state index contributed by atoms with van der Waals surface area (Å²) in [6.45, 7) is 0. The van der Waals surface area contributed by atoms with Crippen molar-refractivity contribution in [2.75, 3.05) is 0 Å². The summed E-state index contributed by atoms with van der Waals surface area (Å²) in [5.41, 5.74) is 5.41. The number of aromatic carboxylic acids is 1. The normalized spacial score (nSPS) is 12.4. The maximum Gasteiger partial charge on any atom is 0.346 e. The highest BCUT2D eigenvalue weighted by atomic mass is 32.1. The first-order chi connectivity index (χ1) is 6.04. The highest BCUT2D eigenvalue weighted by Gasteiger charge is 2.22. The molecule has 0 aliphatic heterocycles. The van der Waals surface area contributed by atoms with E-state index in [0.29, 0.717) is 0 Å². The third-order valence-corrected chi connectivity index (χ3v) is 2.41. The molecule has 70 valence electrons. The number of rotatable bonds is 3. The van der Waals surface area contributed by atoms with E-state index in [-0.39, 0.29) is 10.4 Å². The lowest BCUT2D eigenvalue weighted by Gasteiger charge is -2.04. The van der Waals surface area contributed by atoms with Crippen molar-refractivity contribution in [3.05, 3.63) is 21.9 Å². The van der Waals surface area contributed by atoms with Crippen LogP contribution >= 0.6 is 11.3 Å². The Morgan fingerprint density at radius 1 is 1.46 bits per heavy atom. The van der Waals surface area contributed by atoms with Gasteiger partial charge in [-0.15, -0.1) is 11.3 Å². The van der Waals surface area contributed by atoms with Crippen LogP contribution in [0.4, 0.5) is 0 Å². The van der Waals surface area contributed by atoms with Crippen LogP contribution in [0.5, 0.6) is 0 Å². The summed E-state index contributed by atoms with van der Waals surface area (Å²) in [5.74, 6) is -2.39. The van der Waals surface area contributed by atoms with Gasteiger partial charge in [0.2, 0.25) is 0 Å². The van der Waals surface area contributed by atoms with Crippen LogP contribution in [0, 0.1) is 0 Å². The zero-order valence-corrected chi connectivity index (χ0v) is 7.25. The second-order valence-electron chi connectivity index (χ2n) is 2.33.